The zero-order valence-electron chi connectivity index (χ0n) is 13.4. The summed E-state index contributed by atoms with van der Waals surface area (Å²) >= 11 is 1.78. The average molecular weight is 325 g/mol. The normalized spacial score (nSPS) is 13.3. The molecule has 1 aliphatic carbocycles. The van der Waals surface area contributed by atoms with E-state index in [1.807, 2.05) is 11.9 Å². The van der Waals surface area contributed by atoms with E-state index in [-0.39, 0.29) is 5.78 Å². The van der Waals surface area contributed by atoms with E-state index in [1.54, 1.807) is 36.5 Å². The molecule has 1 heterocycles. The van der Waals surface area contributed by atoms with Gasteiger partial charge in [-0.05, 0) is 50.8 Å². The maximum Gasteiger partial charge on any atom is 0.159 e. The minimum absolute atomic E-state index is 0.00820. The van der Waals surface area contributed by atoms with Gasteiger partial charge >= 0.3 is 0 Å². The molecule has 2 aromatic rings. The first kappa shape index (κ1) is 15.7. The molecule has 0 spiro atoms. The van der Waals surface area contributed by atoms with E-state index < -0.39 is 0 Å². The standard InChI is InChI=1S/C18H19N3OS/c1-12(22)13-7-8-14(10-19)16(9-13)21(2)11-18-20-15-5-3-4-6-17(15)23-18/h7-9H,3-6,11H2,1-2H3. The molecule has 0 saturated heterocycles. The number of aromatic nitrogens is 1. The third-order valence-corrected chi connectivity index (χ3v) is 5.34. The van der Waals surface area contributed by atoms with E-state index in [9.17, 15) is 10.1 Å². The molecule has 0 saturated carbocycles. The summed E-state index contributed by atoms with van der Waals surface area (Å²) in [6.45, 7) is 2.20. The van der Waals surface area contributed by atoms with Gasteiger partial charge in [-0.15, -0.1) is 11.3 Å². The number of nitrogens with zero attached hydrogens (tertiary/aromatic N) is 3. The predicted molar refractivity (Wildman–Crippen MR) is 92.0 cm³/mol. The first-order valence-electron chi connectivity index (χ1n) is 7.82. The molecule has 0 atom stereocenters. The number of aryl methyl sites for hydroxylation is 2. The lowest BCUT2D eigenvalue weighted by atomic mass is 10.0. The smallest absolute Gasteiger partial charge is 0.159 e. The lowest BCUT2D eigenvalue weighted by Crippen LogP contribution is -2.18. The van der Waals surface area contributed by atoms with Crippen LogP contribution in [0.25, 0.3) is 0 Å². The minimum atomic E-state index is 0.00820. The average Bonchev–Trinajstić information content (AvgIpc) is 2.96. The fourth-order valence-corrected chi connectivity index (χ4v) is 4.13. The highest BCUT2D eigenvalue weighted by Gasteiger charge is 2.17. The monoisotopic (exact) mass is 325 g/mol. The van der Waals surface area contributed by atoms with Crippen LogP contribution in [-0.4, -0.2) is 17.8 Å². The molecule has 1 aromatic carbocycles. The van der Waals surface area contributed by atoms with E-state index >= 15 is 0 Å². The quantitative estimate of drug-likeness (QED) is 0.804. The van der Waals surface area contributed by atoms with Gasteiger partial charge in [0.25, 0.3) is 0 Å². The second kappa shape index (κ2) is 6.51. The molecular formula is C18H19N3OS. The van der Waals surface area contributed by atoms with Crippen molar-refractivity contribution in [2.75, 3.05) is 11.9 Å². The molecule has 4 nitrogen and oxygen atoms in total. The number of anilines is 1. The highest BCUT2D eigenvalue weighted by Crippen LogP contribution is 2.29. The summed E-state index contributed by atoms with van der Waals surface area (Å²) in [6.07, 6.45) is 4.70. The van der Waals surface area contributed by atoms with Gasteiger partial charge in [-0.1, -0.05) is 0 Å². The number of ketones is 1. The predicted octanol–water partition coefficient (Wildman–Crippen LogP) is 3.73. The molecule has 0 N–H and O–H groups in total. The molecule has 0 aliphatic heterocycles. The van der Waals surface area contributed by atoms with Gasteiger partial charge in [0.2, 0.25) is 0 Å². The van der Waals surface area contributed by atoms with E-state index in [4.69, 9.17) is 4.98 Å². The summed E-state index contributed by atoms with van der Waals surface area (Å²) in [5.41, 5.74) is 3.25. The molecule has 5 heteroatoms. The van der Waals surface area contributed by atoms with E-state index in [0.29, 0.717) is 17.7 Å². The highest BCUT2D eigenvalue weighted by atomic mass is 32.1. The van der Waals surface area contributed by atoms with Crippen molar-refractivity contribution < 1.29 is 4.79 Å². The van der Waals surface area contributed by atoms with Crippen LogP contribution in [0.15, 0.2) is 18.2 Å². The molecule has 0 fully saturated rings. The molecule has 118 valence electrons. The Kier molecular flexibility index (Phi) is 4.44. The van der Waals surface area contributed by atoms with Crippen molar-refractivity contribution in [1.29, 1.82) is 5.26 Å². The van der Waals surface area contributed by atoms with Gasteiger partial charge in [-0.25, -0.2) is 4.98 Å². The van der Waals surface area contributed by atoms with Crippen LogP contribution in [-0.2, 0) is 19.4 Å². The number of hydrogen-bond acceptors (Lipinski definition) is 5. The number of carbonyl (C=O) groups is 1. The summed E-state index contributed by atoms with van der Waals surface area (Å²) in [5, 5.41) is 10.4. The Balaban J connectivity index is 1.86. The number of thiazole rings is 1. The van der Waals surface area contributed by atoms with Gasteiger partial charge in [0.05, 0.1) is 23.5 Å². The largest absolute Gasteiger partial charge is 0.367 e. The number of hydrogen-bond donors (Lipinski definition) is 0. The Labute approximate surface area is 140 Å². The van der Waals surface area contributed by atoms with Crippen molar-refractivity contribution in [3.05, 3.63) is 44.9 Å². The van der Waals surface area contributed by atoms with Crippen molar-refractivity contribution >= 4 is 22.8 Å². The van der Waals surface area contributed by atoms with Crippen LogP contribution in [0.1, 0.15) is 51.3 Å². The van der Waals surface area contributed by atoms with Gasteiger partial charge < -0.3 is 4.90 Å². The van der Waals surface area contributed by atoms with E-state index in [2.05, 4.69) is 6.07 Å². The number of benzene rings is 1. The Morgan fingerprint density at radius 2 is 2.17 bits per heavy atom. The maximum atomic E-state index is 11.6. The molecule has 0 amide bonds. The summed E-state index contributed by atoms with van der Waals surface area (Å²) in [4.78, 5) is 19.8. The first-order chi connectivity index (χ1) is 11.1. The van der Waals surface area contributed by atoms with Crippen molar-refractivity contribution in [2.45, 2.75) is 39.2 Å². The second-order valence-electron chi connectivity index (χ2n) is 5.94. The third kappa shape index (κ3) is 3.27. The van der Waals surface area contributed by atoms with E-state index in [0.717, 1.165) is 23.5 Å². The Bertz CT molecular complexity index is 765. The van der Waals surface area contributed by atoms with Crippen LogP contribution in [0.5, 0.6) is 0 Å². The zero-order valence-corrected chi connectivity index (χ0v) is 14.2. The second-order valence-corrected chi connectivity index (χ2v) is 7.11. The summed E-state index contributed by atoms with van der Waals surface area (Å²) < 4.78 is 0. The number of fused-ring (bicyclic) bond motifs is 1. The van der Waals surface area contributed by atoms with Gasteiger partial charge in [0, 0.05) is 17.5 Å². The van der Waals surface area contributed by atoms with Crippen LogP contribution in [0.4, 0.5) is 5.69 Å². The van der Waals surface area contributed by atoms with Gasteiger partial charge in [0.15, 0.2) is 5.78 Å². The SMILES string of the molecule is CC(=O)c1ccc(C#N)c(N(C)Cc2nc3c(s2)CCCC3)c1. The van der Waals surface area contributed by atoms with Crippen LogP contribution >= 0.6 is 11.3 Å². The molecule has 3 rings (SSSR count). The summed E-state index contributed by atoms with van der Waals surface area (Å²) in [5.74, 6) is 0.00820. The third-order valence-electron chi connectivity index (χ3n) is 4.20. The fraction of sp³-hybridized carbons (Fsp3) is 0.389. The fourth-order valence-electron chi connectivity index (χ4n) is 2.92. The molecule has 0 bridgehead atoms. The number of Topliss-reactive ketones (excluding diaryl/α,β-unsaturated/α-hetero) is 1. The number of nitriles is 1. The Morgan fingerprint density at radius 3 is 2.87 bits per heavy atom. The van der Waals surface area contributed by atoms with Gasteiger partial charge in [0.1, 0.15) is 11.1 Å². The summed E-state index contributed by atoms with van der Waals surface area (Å²) in [7, 11) is 1.94. The summed E-state index contributed by atoms with van der Waals surface area (Å²) in [6, 6.07) is 7.43. The lowest BCUT2D eigenvalue weighted by molar-refractivity contribution is 0.101. The Morgan fingerprint density at radius 1 is 1.39 bits per heavy atom. The van der Waals surface area contributed by atoms with Gasteiger partial charge in [-0.3, -0.25) is 4.79 Å². The molecule has 0 radical (unpaired) electrons. The molecule has 1 aromatic heterocycles. The Hall–Kier alpha value is -2.19. The lowest BCUT2D eigenvalue weighted by Gasteiger charge is -2.19. The van der Waals surface area contributed by atoms with Crippen molar-refractivity contribution in [3.63, 3.8) is 0 Å². The van der Waals surface area contributed by atoms with Crippen molar-refractivity contribution in [1.82, 2.24) is 4.98 Å². The topological polar surface area (TPSA) is 57.0 Å². The molecule has 0 unspecified atom stereocenters. The zero-order chi connectivity index (χ0) is 16.4. The van der Waals surface area contributed by atoms with Crippen LogP contribution in [0.3, 0.4) is 0 Å². The van der Waals surface area contributed by atoms with Gasteiger partial charge in [-0.2, -0.15) is 5.26 Å². The van der Waals surface area contributed by atoms with Crippen molar-refractivity contribution in [2.24, 2.45) is 0 Å². The maximum absolute atomic E-state index is 11.6. The molecule has 23 heavy (non-hydrogen) atoms. The van der Waals surface area contributed by atoms with Crippen LogP contribution < -0.4 is 4.90 Å². The van der Waals surface area contributed by atoms with Crippen molar-refractivity contribution in [3.8, 4) is 6.07 Å². The minimum Gasteiger partial charge on any atom is -0.367 e. The molecular weight excluding hydrogens is 306 g/mol. The highest BCUT2D eigenvalue weighted by molar-refractivity contribution is 7.11. The van der Waals surface area contributed by atoms with Crippen LogP contribution in [0, 0.1) is 11.3 Å². The molecule has 1 aliphatic rings. The van der Waals surface area contributed by atoms with Crippen LogP contribution in [0.2, 0.25) is 0 Å². The number of carbonyl (C=O) groups excluding carboxylic acids is 1. The van der Waals surface area contributed by atoms with E-state index in [1.165, 1.54) is 23.4 Å². The number of rotatable bonds is 4. The first-order valence-corrected chi connectivity index (χ1v) is 8.64.